The molecule has 0 bridgehead atoms. The average Bonchev–Trinajstić information content (AvgIpc) is 1.82. The topological polar surface area (TPSA) is 20.2 Å². The zero-order valence-corrected chi connectivity index (χ0v) is 15.5. The fraction of sp³-hybridized carbons (Fsp3) is 1.00. The average molecular weight is 413 g/mol. The summed E-state index contributed by atoms with van der Waals surface area (Å²) < 4.78 is 0. The van der Waals surface area contributed by atoms with Crippen molar-refractivity contribution in [3.63, 3.8) is 0 Å². The Balaban J connectivity index is 0. The molecule has 1 atom stereocenters. The van der Waals surface area contributed by atoms with Gasteiger partial charge in [-0.1, -0.05) is 48.0 Å². The van der Waals surface area contributed by atoms with Crippen LogP contribution in [0.4, 0.5) is 0 Å². The van der Waals surface area contributed by atoms with E-state index in [0.717, 1.165) is 12.8 Å². The Hall–Kier alpha value is 1.40. The van der Waals surface area contributed by atoms with E-state index in [-0.39, 0.29) is 55.6 Å². The van der Waals surface area contributed by atoms with Gasteiger partial charge in [0, 0.05) is 44.1 Å². The summed E-state index contributed by atoms with van der Waals surface area (Å²) in [6.45, 7) is 13.0. The van der Waals surface area contributed by atoms with Gasteiger partial charge >= 0.3 is 0 Å². The molecule has 2 heteroatoms. The van der Waals surface area contributed by atoms with E-state index >= 15 is 0 Å². The van der Waals surface area contributed by atoms with Crippen molar-refractivity contribution in [2.45, 2.75) is 66.9 Å². The van der Waals surface area contributed by atoms with E-state index in [0.29, 0.717) is 5.41 Å². The minimum Gasteiger partial charge on any atom is -0.393 e. The van der Waals surface area contributed by atoms with Gasteiger partial charge in [-0.05, 0) is 23.7 Å². The number of hydrogen-bond donors (Lipinski definition) is 1. The van der Waals surface area contributed by atoms with Crippen molar-refractivity contribution in [3.8, 4) is 0 Å². The van der Waals surface area contributed by atoms with E-state index in [1.54, 1.807) is 0 Å². The van der Waals surface area contributed by atoms with Crippen LogP contribution < -0.4 is 0 Å². The number of aliphatic hydroxyl groups is 1. The molecule has 0 saturated carbocycles. The Labute approximate surface area is 126 Å². The normalized spacial score (nSPS) is 14.8. The van der Waals surface area contributed by atoms with Gasteiger partial charge in [-0.3, -0.25) is 0 Å². The fourth-order valence-corrected chi connectivity index (χ4v) is 1.26. The van der Waals surface area contributed by atoms with Crippen LogP contribution in [0.15, 0.2) is 0 Å². The van der Waals surface area contributed by atoms with Gasteiger partial charge in [-0.2, -0.15) is 0 Å². The molecule has 0 aromatic carbocycles. The van der Waals surface area contributed by atoms with Crippen molar-refractivity contribution in [2.75, 3.05) is 0 Å². The Morgan fingerprint density at radius 3 is 1.71 bits per heavy atom. The second kappa shape index (κ2) is 6.87. The Bertz CT molecular complexity index is 141. The number of aliphatic hydroxyl groups excluding tert-OH is 1. The van der Waals surface area contributed by atoms with Crippen LogP contribution in [0.2, 0.25) is 0 Å². The summed E-state index contributed by atoms with van der Waals surface area (Å²) in [5, 5.41) is 9.78. The Kier molecular flexibility index (Phi) is 8.73. The maximum atomic E-state index is 9.78. The fourth-order valence-electron chi connectivity index (χ4n) is 1.26. The van der Waals surface area contributed by atoms with Crippen LogP contribution in [-0.4, -0.2) is 11.2 Å². The van der Waals surface area contributed by atoms with Gasteiger partial charge in [0.15, 0.2) is 0 Å². The summed E-state index contributed by atoms with van der Waals surface area (Å²) in [6.07, 6.45) is 3.10. The van der Waals surface area contributed by atoms with E-state index < -0.39 is 0 Å². The minimum atomic E-state index is -0.158. The first-order valence-electron chi connectivity index (χ1n) is 5.31. The van der Waals surface area contributed by atoms with Gasteiger partial charge in [0.05, 0.1) is 6.10 Å². The first kappa shape index (κ1) is 17.8. The molecule has 0 aliphatic heterocycles. The van der Waals surface area contributed by atoms with Crippen molar-refractivity contribution in [3.05, 3.63) is 0 Å². The molecule has 0 rings (SSSR count). The molecule has 1 unspecified atom stereocenters. The summed E-state index contributed by atoms with van der Waals surface area (Å²) in [5.41, 5.74) is 0.440. The number of hydrogen-bond acceptors (Lipinski definition) is 1. The molecule has 0 amide bonds. The van der Waals surface area contributed by atoms with Crippen LogP contribution in [-0.2, 0) is 0 Å². The smallest absolute Gasteiger partial charge is 0.0588 e. The molecule has 0 aromatic heterocycles. The first-order valence-corrected chi connectivity index (χ1v) is 5.31. The van der Waals surface area contributed by atoms with Crippen molar-refractivity contribution < 1.29 is 49.2 Å². The summed E-state index contributed by atoms with van der Waals surface area (Å²) in [6, 6.07) is 0. The van der Waals surface area contributed by atoms with Crippen LogP contribution >= 0.6 is 0 Å². The molecule has 0 saturated heterocycles. The quantitative estimate of drug-likeness (QED) is 0.750. The zero-order valence-electron chi connectivity index (χ0n) is 10.7. The maximum Gasteiger partial charge on any atom is 0.0588 e. The third-order valence-corrected chi connectivity index (χ3v) is 2.40. The van der Waals surface area contributed by atoms with Crippen molar-refractivity contribution >= 4 is 0 Å². The van der Waals surface area contributed by atoms with Crippen LogP contribution in [0.3, 0.4) is 0 Å². The van der Waals surface area contributed by atoms with Crippen LogP contribution in [0.1, 0.15) is 60.8 Å². The Morgan fingerprint density at radius 1 is 1.00 bits per heavy atom. The van der Waals surface area contributed by atoms with E-state index in [1.165, 1.54) is 6.42 Å². The van der Waals surface area contributed by atoms with Crippen LogP contribution in [0.25, 0.3) is 0 Å². The monoisotopic (exact) mass is 413 g/mol. The predicted octanol–water partition coefficient (Wildman–Crippen LogP) is 3.61. The maximum absolute atomic E-state index is 9.78. The van der Waals surface area contributed by atoms with Crippen LogP contribution in [0.5, 0.6) is 0 Å². The molecule has 1 N–H and O–H groups in total. The third kappa shape index (κ3) is 9.94. The summed E-state index contributed by atoms with van der Waals surface area (Å²) >= 11 is 0. The molecule has 0 aliphatic carbocycles. The van der Waals surface area contributed by atoms with Gasteiger partial charge in [-0.15, -0.1) is 0 Å². The third-order valence-electron chi connectivity index (χ3n) is 2.40. The van der Waals surface area contributed by atoms with Gasteiger partial charge in [0.2, 0.25) is 0 Å². The first-order chi connectivity index (χ1) is 5.63. The van der Waals surface area contributed by atoms with Gasteiger partial charge < -0.3 is 5.11 Å². The van der Waals surface area contributed by atoms with Crippen LogP contribution in [0, 0.1) is 54.9 Å². The summed E-state index contributed by atoms with van der Waals surface area (Å²) in [4.78, 5) is 0. The Morgan fingerprint density at radius 2 is 1.43 bits per heavy atom. The molecule has 0 spiro atoms. The summed E-state index contributed by atoms with van der Waals surface area (Å²) in [7, 11) is 0. The van der Waals surface area contributed by atoms with Crippen molar-refractivity contribution in [1.82, 2.24) is 0 Å². The standard InChI is InChI=1S/C12H26O.Ac/c1-11(2,3)9-7-8-10(13)12(4,5)6;/h10,13H,7-9H2,1-6H3;. The molecule has 14 heavy (non-hydrogen) atoms. The summed E-state index contributed by atoms with van der Waals surface area (Å²) in [5.74, 6) is 0. The molecule has 1 radical (unpaired) electrons. The predicted molar refractivity (Wildman–Crippen MR) is 58.8 cm³/mol. The van der Waals surface area contributed by atoms with E-state index in [4.69, 9.17) is 0 Å². The molecule has 0 heterocycles. The van der Waals surface area contributed by atoms with E-state index in [9.17, 15) is 5.11 Å². The second-order valence-electron chi connectivity index (χ2n) is 6.33. The van der Waals surface area contributed by atoms with Gasteiger partial charge in [0.25, 0.3) is 0 Å². The molecular weight excluding hydrogens is 387 g/mol. The number of rotatable bonds is 3. The zero-order chi connectivity index (χ0) is 10.7. The molecule has 1 nitrogen and oxygen atoms in total. The van der Waals surface area contributed by atoms with Crippen molar-refractivity contribution in [1.29, 1.82) is 0 Å². The largest absolute Gasteiger partial charge is 0.393 e. The van der Waals surface area contributed by atoms with E-state index in [1.807, 2.05) is 0 Å². The van der Waals surface area contributed by atoms with Gasteiger partial charge in [0.1, 0.15) is 0 Å². The molecule has 0 aliphatic rings. The van der Waals surface area contributed by atoms with Crippen molar-refractivity contribution in [2.24, 2.45) is 10.8 Å². The molecule has 83 valence electrons. The molecule has 0 fully saturated rings. The molecule has 0 aromatic rings. The van der Waals surface area contributed by atoms with E-state index in [2.05, 4.69) is 41.5 Å². The SMILES string of the molecule is CC(C)(C)CCCC(O)C(C)(C)C.[Ac]. The minimum absolute atomic E-state index is 0. The van der Waals surface area contributed by atoms with Gasteiger partial charge in [-0.25, -0.2) is 0 Å². The molecular formula is C12H26AcO. The second-order valence-corrected chi connectivity index (χ2v) is 6.33.